The summed E-state index contributed by atoms with van der Waals surface area (Å²) in [5.74, 6) is 0. The number of hydrogen-bond acceptors (Lipinski definition) is 4. The van der Waals surface area contributed by atoms with E-state index >= 15 is 0 Å². The number of nitriles is 1. The second-order valence-corrected chi connectivity index (χ2v) is 3.21. The number of aromatic nitrogens is 1. The number of pyridine rings is 1. The van der Waals surface area contributed by atoms with Gasteiger partial charge in [0.2, 0.25) is 0 Å². The molecule has 0 fully saturated rings. The average molecular weight is 217 g/mol. The molecule has 0 unspecified atom stereocenters. The Bertz CT molecular complexity index is 384. The fourth-order valence-electron chi connectivity index (χ4n) is 1.41. The third-order valence-electron chi connectivity index (χ3n) is 2.15. The zero-order valence-electron chi connectivity index (χ0n) is 9.39. The highest BCUT2D eigenvalue weighted by atomic mass is 16.5. The van der Waals surface area contributed by atoms with E-state index in [1.54, 1.807) is 19.4 Å². The highest BCUT2D eigenvalue weighted by Crippen LogP contribution is 2.16. The van der Waals surface area contributed by atoms with Crippen molar-refractivity contribution in [1.82, 2.24) is 4.98 Å². The molecular weight excluding hydrogens is 202 g/mol. The van der Waals surface area contributed by atoms with E-state index in [0.717, 1.165) is 5.69 Å². The maximum absolute atomic E-state index is 8.96. The molecule has 4 heteroatoms. The number of nitrogens with zero attached hydrogens (tertiary/aromatic N) is 3. The number of hydrogen-bond donors (Lipinski definition) is 0. The molecule has 4 nitrogen and oxygen atoms in total. The van der Waals surface area contributed by atoms with Crippen LogP contribution in [0, 0.1) is 11.3 Å². The van der Waals surface area contributed by atoms with Gasteiger partial charge in [0, 0.05) is 26.4 Å². The SMILES string of the molecule is C=CCN(CCOC)c1cccnc1C#N. The first-order valence-electron chi connectivity index (χ1n) is 5.03. The molecule has 0 saturated carbocycles. The first kappa shape index (κ1) is 12.2. The van der Waals surface area contributed by atoms with Crippen molar-refractivity contribution in [3.05, 3.63) is 36.7 Å². The van der Waals surface area contributed by atoms with Crippen molar-refractivity contribution in [3.8, 4) is 6.07 Å². The molecule has 1 aromatic rings. The van der Waals surface area contributed by atoms with Crippen molar-refractivity contribution in [1.29, 1.82) is 5.26 Å². The summed E-state index contributed by atoms with van der Waals surface area (Å²) in [7, 11) is 1.65. The van der Waals surface area contributed by atoms with Gasteiger partial charge in [0.15, 0.2) is 5.69 Å². The minimum absolute atomic E-state index is 0.431. The highest BCUT2D eigenvalue weighted by Gasteiger charge is 2.09. The summed E-state index contributed by atoms with van der Waals surface area (Å²) < 4.78 is 5.03. The molecule has 0 amide bonds. The molecule has 1 heterocycles. The van der Waals surface area contributed by atoms with Crippen LogP contribution in [0.15, 0.2) is 31.0 Å². The van der Waals surface area contributed by atoms with Crippen molar-refractivity contribution in [3.63, 3.8) is 0 Å². The highest BCUT2D eigenvalue weighted by molar-refractivity contribution is 5.56. The lowest BCUT2D eigenvalue weighted by Gasteiger charge is -2.23. The van der Waals surface area contributed by atoms with Gasteiger partial charge < -0.3 is 9.64 Å². The maximum atomic E-state index is 8.96. The second kappa shape index (κ2) is 6.59. The van der Waals surface area contributed by atoms with Crippen LogP contribution in [0.2, 0.25) is 0 Å². The molecule has 0 spiro atoms. The van der Waals surface area contributed by atoms with Gasteiger partial charge in [-0.15, -0.1) is 6.58 Å². The molecule has 0 radical (unpaired) electrons. The van der Waals surface area contributed by atoms with Gasteiger partial charge in [-0.05, 0) is 12.1 Å². The molecule has 0 aliphatic carbocycles. The smallest absolute Gasteiger partial charge is 0.163 e. The van der Waals surface area contributed by atoms with Gasteiger partial charge in [0.25, 0.3) is 0 Å². The second-order valence-electron chi connectivity index (χ2n) is 3.21. The lowest BCUT2D eigenvalue weighted by molar-refractivity contribution is 0.205. The minimum atomic E-state index is 0.431. The van der Waals surface area contributed by atoms with Gasteiger partial charge in [-0.1, -0.05) is 6.08 Å². The van der Waals surface area contributed by atoms with Crippen LogP contribution < -0.4 is 4.90 Å². The summed E-state index contributed by atoms with van der Waals surface area (Å²) in [6.07, 6.45) is 3.41. The number of methoxy groups -OCH3 is 1. The standard InChI is InChI=1S/C12H15N3O/c1-3-7-15(8-9-16-2)12-5-4-6-14-11(12)10-13/h3-6H,1,7-9H2,2H3. The lowest BCUT2D eigenvalue weighted by Crippen LogP contribution is -2.28. The molecule has 0 atom stereocenters. The van der Waals surface area contributed by atoms with E-state index < -0.39 is 0 Å². The van der Waals surface area contributed by atoms with Gasteiger partial charge in [0.05, 0.1) is 12.3 Å². The molecule has 16 heavy (non-hydrogen) atoms. The van der Waals surface area contributed by atoms with Gasteiger partial charge in [0.1, 0.15) is 6.07 Å². The Kier molecular flexibility index (Phi) is 5.03. The van der Waals surface area contributed by atoms with E-state index in [9.17, 15) is 0 Å². The molecule has 0 aromatic carbocycles. The Morgan fingerprint density at radius 3 is 3.12 bits per heavy atom. The molecule has 0 aliphatic heterocycles. The fraction of sp³-hybridized carbons (Fsp3) is 0.333. The summed E-state index contributed by atoms with van der Waals surface area (Å²) in [5, 5.41) is 8.96. The van der Waals surface area contributed by atoms with E-state index in [2.05, 4.69) is 17.6 Å². The van der Waals surface area contributed by atoms with Gasteiger partial charge in [-0.2, -0.15) is 5.26 Å². The predicted octanol–water partition coefficient (Wildman–Crippen LogP) is 1.59. The van der Waals surface area contributed by atoms with E-state index in [4.69, 9.17) is 10.00 Å². The molecule has 0 aliphatic rings. The Labute approximate surface area is 95.8 Å². The Morgan fingerprint density at radius 1 is 1.69 bits per heavy atom. The average Bonchev–Trinajstić information content (AvgIpc) is 2.34. The summed E-state index contributed by atoms with van der Waals surface area (Å²) in [4.78, 5) is 6.05. The van der Waals surface area contributed by atoms with Crippen LogP contribution in [0.25, 0.3) is 0 Å². The maximum Gasteiger partial charge on any atom is 0.163 e. The topological polar surface area (TPSA) is 49.1 Å². The van der Waals surface area contributed by atoms with E-state index in [1.807, 2.05) is 17.0 Å². The molecule has 1 aromatic heterocycles. The van der Waals surface area contributed by atoms with Crippen molar-refractivity contribution in [2.45, 2.75) is 0 Å². The van der Waals surface area contributed by atoms with Crippen LogP contribution in [0.1, 0.15) is 5.69 Å². The summed E-state index contributed by atoms with van der Waals surface area (Å²) in [6.45, 7) is 5.69. The van der Waals surface area contributed by atoms with Crippen LogP contribution in [-0.2, 0) is 4.74 Å². The third kappa shape index (κ3) is 3.07. The molecule has 1 rings (SSSR count). The van der Waals surface area contributed by atoms with Crippen LogP contribution in [0.3, 0.4) is 0 Å². The summed E-state index contributed by atoms with van der Waals surface area (Å²) in [6, 6.07) is 5.78. The zero-order valence-corrected chi connectivity index (χ0v) is 9.39. The summed E-state index contributed by atoms with van der Waals surface area (Å²) in [5.41, 5.74) is 1.25. The molecule has 0 saturated heterocycles. The normalized spacial score (nSPS) is 9.50. The van der Waals surface area contributed by atoms with Crippen molar-refractivity contribution in [2.75, 3.05) is 31.7 Å². The fourth-order valence-corrected chi connectivity index (χ4v) is 1.41. The number of anilines is 1. The minimum Gasteiger partial charge on any atom is -0.383 e. The Morgan fingerprint density at radius 2 is 2.50 bits per heavy atom. The number of ether oxygens (including phenoxy) is 1. The van der Waals surface area contributed by atoms with E-state index in [0.29, 0.717) is 25.4 Å². The molecule has 0 bridgehead atoms. The largest absolute Gasteiger partial charge is 0.383 e. The van der Waals surface area contributed by atoms with Crippen molar-refractivity contribution >= 4 is 5.69 Å². The monoisotopic (exact) mass is 217 g/mol. The summed E-state index contributed by atoms with van der Waals surface area (Å²) >= 11 is 0. The lowest BCUT2D eigenvalue weighted by atomic mass is 10.2. The first-order valence-corrected chi connectivity index (χ1v) is 5.03. The van der Waals surface area contributed by atoms with Gasteiger partial charge >= 0.3 is 0 Å². The van der Waals surface area contributed by atoms with Crippen LogP contribution in [0.5, 0.6) is 0 Å². The van der Waals surface area contributed by atoms with Gasteiger partial charge in [-0.3, -0.25) is 0 Å². The van der Waals surface area contributed by atoms with Crippen LogP contribution in [-0.4, -0.2) is 31.8 Å². The van der Waals surface area contributed by atoms with Crippen molar-refractivity contribution in [2.24, 2.45) is 0 Å². The van der Waals surface area contributed by atoms with Gasteiger partial charge in [-0.25, -0.2) is 4.98 Å². The predicted molar refractivity (Wildman–Crippen MR) is 63.2 cm³/mol. The Balaban J connectivity index is 2.91. The third-order valence-corrected chi connectivity index (χ3v) is 2.15. The van der Waals surface area contributed by atoms with E-state index in [-0.39, 0.29) is 0 Å². The Hall–Kier alpha value is -1.86. The molecule has 0 N–H and O–H groups in total. The van der Waals surface area contributed by atoms with Crippen LogP contribution >= 0.6 is 0 Å². The quantitative estimate of drug-likeness (QED) is 0.679. The first-order chi connectivity index (χ1) is 7.83. The number of rotatable bonds is 6. The zero-order chi connectivity index (χ0) is 11.8. The van der Waals surface area contributed by atoms with E-state index in [1.165, 1.54) is 0 Å². The van der Waals surface area contributed by atoms with Crippen molar-refractivity contribution < 1.29 is 4.74 Å². The van der Waals surface area contributed by atoms with Crippen LogP contribution in [0.4, 0.5) is 5.69 Å². The molecular formula is C12H15N3O. The molecule has 84 valence electrons.